The van der Waals surface area contributed by atoms with Crippen LogP contribution in [-0.4, -0.2) is 29.5 Å². The number of nitrogens with zero attached hydrogens (tertiary/aromatic N) is 2. The first kappa shape index (κ1) is 21.0. The molecule has 0 fully saturated rings. The summed E-state index contributed by atoms with van der Waals surface area (Å²) in [6.45, 7) is 0. The van der Waals surface area contributed by atoms with E-state index < -0.39 is 27.7 Å². The molecular formula is C18H14F3N5O3S. The zero-order valence-electron chi connectivity index (χ0n) is 15.0. The second-order valence-corrected chi connectivity index (χ2v) is 7.55. The van der Waals surface area contributed by atoms with Gasteiger partial charge in [-0.1, -0.05) is 18.2 Å². The number of alkyl halides is 3. The molecule has 1 amide bonds. The molecule has 3 N–H and O–H groups in total. The van der Waals surface area contributed by atoms with Gasteiger partial charge in [-0.3, -0.25) is 4.79 Å². The standard InChI is InChI=1S/C18H14F3N5O3S/c19-18(20,21)15-4-2-1-3-12(15)5-10-16(27)24-13-6-8-14(9-7-13)30(28,29)26-17-22-11-23-25-17/h1-11H,(H,24,27)(H2,22,23,25,26). The molecule has 30 heavy (non-hydrogen) atoms. The van der Waals surface area contributed by atoms with Crippen LogP contribution in [0.4, 0.5) is 24.8 Å². The Kier molecular flexibility index (Phi) is 5.87. The average Bonchev–Trinajstić information content (AvgIpc) is 3.18. The van der Waals surface area contributed by atoms with Crippen molar-refractivity contribution in [2.45, 2.75) is 11.1 Å². The van der Waals surface area contributed by atoms with Gasteiger partial charge in [0, 0.05) is 11.8 Å². The van der Waals surface area contributed by atoms with Crippen LogP contribution < -0.4 is 10.0 Å². The van der Waals surface area contributed by atoms with Crippen LogP contribution in [-0.2, 0) is 21.0 Å². The number of nitrogens with one attached hydrogen (secondary N) is 3. The molecule has 0 aliphatic rings. The molecule has 0 bridgehead atoms. The fraction of sp³-hybridized carbons (Fsp3) is 0.0556. The lowest BCUT2D eigenvalue weighted by molar-refractivity contribution is -0.137. The molecule has 12 heteroatoms. The van der Waals surface area contributed by atoms with Crippen molar-refractivity contribution in [2.24, 2.45) is 0 Å². The van der Waals surface area contributed by atoms with Gasteiger partial charge in [0.2, 0.25) is 11.9 Å². The van der Waals surface area contributed by atoms with Gasteiger partial charge in [0.1, 0.15) is 6.33 Å². The zero-order chi connectivity index (χ0) is 21.8. The Morgan fingerprint density at radius 2 is 1.77 bits per heavy atom. The molecular weight excluding hydrogens is 423 g/mol. The van der Waals surface area contributed by atoms with Crippen LogP contribution >= 0.6 is 0 Å². The highest BCUT2D eigenvalue weighted by Crippen LogP contribution is 2.32. The molecule has 8 nitrogen and oxygen atoms in total. The van der Waals surface area contributed by atoms with Gasteiger partial charge < -0.3 is 5.32 Å². The maximum atomic E-state index is 13.0. The summed E-state index contributed by atoms with van der Waals surface area (Å²) in [6.07, 6.45) is -1.39. The van der Waals surface area contributed by atoms with Gasteiger partial charge in [0.05, 0.1) is 10.5 Å². The second kappa shape index (κ2) is 8.37. The van der Waals surface area contributed by atoms with Gasteiger partial charge in [0.25, 0.3) is 10.0 Å². The van der Waals surface area contributed by atoms with E-state index in [0.717, 1.165) is 24.5 Å². The third-order valence-electron chi connectivity index (χ3n) is 3.76. The number of hydrogen-bond donors (Lipinski definition) is 3. The zero-order valence-corrected chi connectivity index (χ0v) is 15.8. The summed E-state index contributed by atoms with van der Waals surface area (Å²) in [4.78, 5) is 15.6. The predicted octanol–water partition coefficient (Wildman–Crippen LogP) is 3.28. The summed E-state index contributed by atoms with van der Waals surface area (Å²) in [7, 11) is -3.91. The first-order chi connectivity index (χ1) is 14.1. The van der Waals surface area contributed by atoms with Crippen molar-refractivity contribution in [1.82, 2.24) is 15.2 Å². The van der Waals surface area contributed by atoms with E-state index in [-0.39, 0.29) is 22.1 Å². The van der Waals surface area contributed by atoms with E-state index in [2.05, 4.69) is 25.2 Å². The van der Waals surface area contributed by atoms with E-state index in [9.17, 15) is 26.4 Å². The Morgan fingerprint density at radius 3 is 2.40 bits per heavy atom. The van der Waals surface area contributed by atoms with Crippen molar-refractivity contribution in [2.75, 3.05) is 10.0 Å². The number of amides is 1. The van der Waals surface area contributed by atoms with Crippen LogP contribution in [0.2, 0.25) is 0 Å². The molecule has 0 saturated carbocycles. The molecule has 0 atom stereocenters. The minimum atomic E-state index is -4.54. The molecule has 0 radical (unpaired) electrons. The predicted molar refractivity (Wildman–Crippen MR) is 103 cm³/mol. The molecule has 0 aliphatic heterocycles. The van der Waals surface area contributed by atoms with Gasteiger partial charge in [-0.15, -0.1) is 0 Å². The van der Waals surface area contributed by atoms with Crippen molar-refractivity contribution >= 4 is 33.6 Å². The molecule has 1 heterocycles. The molecule has 0 unspecified atom stereocenters. The number of carbonyl (C=O) groups is 1. The molecule has 0 saturated heterocycles. The van der Waals surface area contributed by atoms with Crippen LogP contribution in [0.25, 0.3) is 6.08 Å². The first-order valence-electron chi connectivity index (χ1n) is 8.29. The van der Waals surface area contributed by atoms with Crippen molar-refractivity contribution in [3.05, 3.63) is 72.1 Å². The minimum absolute atomic E-state index is 0.0587. The molecule has 1 aromatic heterocycles. The Hall–Kier alpha value is -3.67. The van der Waals surface area contributed by atoms with Crippen molar-refractivity contribution < 1.29 is 26.4 Å². The van der Waals surface area contributed by atoms with E-state index in [1.807, 2.05) is 0 Å². The van der Waals surface area contributed by atoms with Gasteiger partial charge in [-0.25, -0.2) is 18.2 Å². The number of sulfonamides is 1. The van der Waals surface area contributed by atoms with Crippen LogP contribution in [0.3, 0.4) is 0 Å². The summed E-state index contributed by atoms with van der Waals surface area (Å²) in [5.74, 6) is -0.737. The minimum Gasteiger partial charge on any atom is -0.323 e. The molecule has 2 aromatic carbocycles. The van der Waals surface area contributed by atoms with E-state index in [1.165, 1.54) is 42.5 Å². The summed E-state index contributed by atoms with van der Waals surface area (Å²) in [5, 5.41) is 8.32. The third-order valence-corrected chi connectivity index (χ3v) is 5.11. The number of H-pyrrole nitrogens is 1. The summed E-state index contributed by atoms with van der Waals surface area (Å²) < 4.78 is 65.5. The summed E-state index contributed by atoms with van der Waals surface area (Å²) in [6, 6.07) is 10.0. The van der Waals surface area contributed by atoms with Crippen LogP contribution in [0.5, 0.6) is 0 Å². The van der Waals surface area contributed by atoms with E-state index in [4.69, 9.17) is 0 Å². The maximum absolute atomic E-state index is 13.0. The Balaban J connectivity index is 1.68. The highest BCUT2D eigenvalue weighted by Gasteiger charge is 2.32. The van der Waals surface area contributed by atoms with Gasteiger partial charge in [-0.05, 0) is 42.0 Å². The lowest BCUT2D eigenvalue weighted by atomic mass is 10.1. The van der Waals surface area contributed by atoms with Gasteiger partial charge in [0.15, 0.2) is 0 Å². The topological polar surface area (TPSA) is 117 Å². The van der Waals surface area contributed by atoms with E-state index in [1.54, 1.807) is 0 Å². The number of carbonyl (C=O) groups excluding carboxylic acids is 1. The van der Waals surface area contributed by atoms with Crippen LogP contribution in [0, 0.1) is 0 Å². The van der Waals surface area contributed by atoms with Crippen LogP contribution in [0.15, 0.2) is 65.8 Å². The molecule has 0 spiro atoms. The fourth-order valence-corrected chi connectivity index (χ4v) is 3.37. The number of rotatable bonds is 6. The van der Waals surface area contributed by atoms with Gasteiger partial charge in [-0.2, -0.15) is 23.3 Å². The fourth-order valence-electron chi connectivity index (χ4n) is 2.41. The average molecular weight is 437 g/mol. The number of aromatic amines is 1. The number of halogens is 3. The summed E-state index contributed by atoms with van der Waals surface area (Å²) >= 11 is 0. The lowest BCUT2D eigenvalue weighted by Crippen LogP contribution is -2.14. The highest BCUT2D eigenvalue weighted by molar-refractivity contribution is 7.92. The molecule has 0 aliphatic carbocycles. The lowest BCUT2D eigenvalue weighted by Gasteiger charge is -2.09. The van der Waals surface area contributed by atoms with Gasteiger partial charge >= 0.3 is 6.18 Å². The number of hydrogen-bond acceptors (Lipinski definition) is 5. The summed E-state index contributed by atoms with van der Waals surface area (Å²) in [5.41, 5.74) is -0.754. The Morgan fingerprint density at radius 1 is 1.07 bits per heavy atom. The monoisotopic (exact) mass is 437 g/mol. The largest absolute Gasteiger partial charge is 0.416 e. The normalized spacial score (nSPS) is 12.1. The molecule has 3 rings (SSSR count). The van der Waals surface area contributed by atoms with Crippen molar-refractivity contribution in [3.8, 4) is 0 Å². The Bertz CT molecular complexity index is 1160. The smallest absolute Gasteiger partial charge is 0.323 e. The molecule has 3 aromatic rings. The number of anilines is 2. The quantitative estimate of drug-likeness (QED) is 0.512. The number of benzene rings is 2. The third kappa shape index (κ3) is 5.23. The highest BCUT2D eigenvalue weighted by atomic mass is 32.2. The SMILES string of the molecule is O=C(C=Cc1ccccc1C(F)(F)F)Nc1ccc(S(=O)(=O)Nc2ncn[nH]2)cc1. The maximum Gasteiger partial charge on any atom is 0.416 e. The second-order valence-electron chi connectivity index (χ2n) is 5.87. The van der Waals surface area contributed by atoms with Crippen LogP contribution in [0.1, 0.15) is 11.1 Å². The molecule has 156 valence electrons. The Labute approximate surface area is 168 Å². The van der Waals surface area contributed by atoms with E-state index >= 15 is 0 Å². The van der Waals surface area contributed by atoms with Crippen molar-refractivity contribution in [3.63, 3.8) is 0 Å². The first-order valence-corrected chi connectivity index (χ1v) is 9.77. The van der Waals surface area contributed by atoms with Crippen molar-refractivity contribution in [1.29, 1.82) is 0 Å². The van der Waals surface area contributed by atoms with E-state index in [0.29, 0.717) is 0 Å². The number of aromatic nitrogens is 3.